The molecular formula is C13H12ClN3O3. The van der Waals surface area contributed by atoms with Crippen molar-refractivity contribution in [3.63, 3.8) is 0 Å². The summed E-state index contributed by atoms with van der Waals surface area (Å²) >= 11 is 6.08. The standard InChI is InChI=1S/C13H12ClN3O3/c1-17-12(15-8-16-17)7-20-11-4-2-9(6-10(11)14)3-5-13(18)19/h2-6,8H,7H2,1H3,(H,18,19). The van der Waals surface area contributed by atoms with E-state index in [2.05, 4.69) is 10.1 Å². The minimum absolute atomic E-state index is 0.251. The molecule has 0 saturated carbocycles. The Morgan fingerprint density at radius 3 is 2.95 bits per heavy atom. The van der Waals surface area contributed by atoms with Crippen molar-refractivity contribution < 1.29 is 14.6 Å². The van der Waals surface area contributed by atoms with Crippen molar-refractivity contribution in [2.24, 2.45) is 7.05 Å². The van der Waals surface area contributed by atoms with Gasteiger partial charge in [0.15, 0.2) is 5.82 Å². The number of halogens is 1. The van der Waals surface area contributed by atoms with E-state index in [0.29, 0.717) is 22.2 Å². The van der Waals surface area contributed by atoms with E-state index in [1.165, 1.54) is 12.4 Å². The van der Waals surface area contributed by atoms with Crippen LogP contribution in [0.1, 0.15) is 11.4 Å². The molecule has 0 unspecified atom stereocenters. The number of ether oxygens (including phenoxy) is 1. The number of aliphatic carboxylic acids is 1. The smallest absolute Gasteiger partial charge is 0.328 e. The first kappa shape index (κ1) is 14.1. The van der Waals surface area contributed by atoms with Crippen LogP contribution in [0.2, 0.25) is 5.02 Å². The first-order chi connectivity index (χ1) is 9.56. The first-order valence-electron chi connectivity index (χ1n) is 5.72. The molecule has 2 rings (SSSR count). The van der Waals surface area contributed by atoms with E-state index in [1.807, 2.05) is 0 Å². The number of nitrogens with zero attached hydrogens (tertiary/aromatic N) is 3. The highest BCUT2D eigenvalue weighted by Crippen LogP contribution is 2.26. The maximum absolute atomic E-state index is 10.4. The lowest BCUT2D eigenvalue weighted by molar-refractivity contribution is -0.131. The molecule has 0 spiro atoms. The summed E-state index contributed by atoms with van der Waals surface area (Å²) in [6.45, 7) is 0.251. The topological polar surface area (TPSA) is 77.2 Å². The predicted octanol–water partition coefficient (Wildman–Crippen LogP) is 2.15. The third-order valence-corrected chi connectivity index (χ3v) is 2.83. The van der Waals surface area contributed by atoms with Gasteiger partial charge in [0.25, 0.3) is 0 Å². The second-order valence-electron chi connectivity index (χ2n) is 3.95. The monoisotopic (exact) mass is 293 g/mol. The summed E-state index contributed by atoms with van der Waals surface area (Å²) in [7, 11) is 1.77. The van der Waals surface area contributed by atoms with Gasteiger partial charge in [-0.05, 0) is 23.8 Å². The highest BCUT2D eigenvalue weighted by atomic mass is 35.5. The lowest BCUT2D eigenvalue weighted by Crippen LogP contribution is -2.04. The van der Waals surface area contributed by atoms with Crippen LogP contribution in [0.4, 0.5) is 0 Å². The number of aromatic nitrogens is 3. The van der Waals surface area contributed by atoms with E-state index in [0.717, 1.165) is 6.08 Å². The molecule has 2 aromatic rings. The number of hydrogen-bond acceptors (Lipinski definition) is 4. The summed E-state index contributed by atoms with van der Waals surface area (Å²) in [5.41, 5.74) is 0.684. The Bertz CT molecular complexity index is 652. The van der Waals surface area contributed by atoms with Gasteiger partial charge in [-0.3, -0.25) is 4.68 Å². The number of rotatable bonds is 5. The number of hydrogen-bond donors (Lipinski definition) is 1. The summed E-state index contributed by atoms with van der Waals surface area (Å²) in [5.74, 6) is 0.168. The van der Waals surface area contributed by atoms with Crippen LogP contribution >= 0.6 is 11.6 Å². The molecular weight excluding hydrogens is 282 g/mol. The molecule has 1 aromatic carbocycles. The van der Waals surface area contributed by atoms with Crippen LogP contribution < -0.4 is 4.74 Å². The average Bonchev–Trinajstić information content (AvgIpc) is 2.81. The molecule has 0 radical (unpaired) electrons. The molecule has 7 heteroatoms. The SMILES string of the molecule is Cn1ncnc1COc1ccc(C=CC(=O)O)cc1Cl. The van der Waals surface area contributed by atoms with Gasteiger partial charge in [0.1, 0.15) is 18.7 Å². The Labute approximate surface area is 120 Å². The average molecular weight is 294 g/mol. The summed E-state index contributed by atoms with van der Waals surface area (Å²) in [6, 6.07) is 5.03. The van der Waals surface area contributed by atoms with Crippen molar-refractivity contribution >= 4 is 23.6 Å². The number of aryl methyl sites for hydroxylation is 1. The van der Waals surface area contributed by atoms with Crippen LogP contribution in [0.15, 0.2) is 30.6 Å². The predicted molar refractivity (Wildman–Crippen MR) is 73.5 cm³/mol. The summed E-state index contributed by atoms with van der Waals surface area (Å²) in [4.78, 5) is 14.5. The fourth-order valence-corrected chi connectivity index (χ4v) is 1.74. The number of benzene rings is 1. The van der Waals surface area contributed by atoms with E-state index >= 15 is 0 Å². The zero-order valence-corrected chi connectivity index (χ0v) is 11.4. The molecule has 0 aliphatic heterocycles. The molecule has 1 aromatic heterocycles. The summed E-state index contributed by atoms with van der Waals surface area (Å²) in [6.07, 6.45) is 3.95. The van der Waals surface area contributed by atoms with Gasteiger partial charge in [-0.25, -0.2) is 9.78 Å². The van der Waals surface area contributed by atoms with E-state index < -0.39 is 5.97 Å². The molecule has 0 atom stereocenters. The third kappa shape index (κ3) is 3.58. The fourth-order valence-electron chi connectivity index (χ4n) is 1.50. The lowest BCUT2D eigenvalue weighted by atomic mass is 10.2. The van der Waals surface area contributed by atoms with Crippen molar-refractivity contribution in [2.75, 3.05) is 0 Å². The van der Waals surface area contributed by atoms with Gasteiger partial charge >= 0.3 is 5.97 Å². The molecule has 1 heterocycles. The molecule has 0 bridgehead atoms. The molecule has 104 valence electrons. The van der Waals surface area contributed by atoms with E-state index in [4.69, 9.17) is 21.4 Å². The van der Waals surface area contributed by atoms with E-state index in [-0.39, 0.29) is 6.61 Å². The van der Waals surface area contributed by atoms with Crippen molar-refractivity contribution in [1.29, 1.82) is 0 Å². The minimum Gasteiger partial charge on any atom is -0.484 e. The molecule has 0 aliphatic carbocycles. The highest BCUT2D eigenvalue weighted by molar-refractivity contribution is 6.32. The molecule has 0 aliphatic rings. The van der Waals surface area contributed by atoms with Crippen LogP contribution in [0.25, 0.3) is 6.08 Å². The normalized spacial score (nSPS) is 10.9. The van der Waals surface area contributed by atoms with Gasteiger partial charge < -0.3 is 9.84 Å². The van der Waals surface area contributed by atoms with Crippen molar-refractivity contribution in [3.05, 3.63) is 47.0 Å². The van der Waals surface area contributed by atoms with Gasteiger partial charge in [0.2, 0.25) is 0 Å². The zero-order valence-electron chi connectivity index (χ0n) is 10.7. The Hall–Kier alpha value is -2.34. The summed E-state index contributed by atoms with van der Waals surface area (Å²) in [5, 5.41) is 12.9. The van der Waals surface area contributed by atoms with Gasteiger partial charge in [0.05, 0.1) is 5.02 Å². The highest BCUT2D eigenvalue weighted by Gasteiger charge is 2.05. The molecule has 0 saturated heterocycles. The van der Waals surface area contributed by atoms with Crippen LogP contribution in [-0.4, -0.2) is 25.8 Å². The quantitative estimate of drug-likeness (QED) is 0.855. The number of carbonyl (C=O) groups is 1. The second-order valence-corrected chi connectivity index (χ2v) is 4.36. The Kier molecular flexibility index (Phi) is 4.37. The van der Waals surface area contributed by atoms with Gasteiger partial charge in [-0.15, -0.1) is 0 Å². The van der Waals surface area contributed by atoms with Crippen LogP contribution in [-0.2, 0) is 18.4 Å². The molecule has 1 N–H and O–H groups in total. The maximum atomic E-state index is 10.4. The third-order valence-electron chi connectivity index (χ3n) is 2.54. The van der Waals surface area contributed by atoms with E-state index in [1.54, 1.807) is 29.9 Å². The largest absolute Gasteiger partial charge is 0.484 e. The van der Waals surface area contributed by atoms with Crippen LogP contribution in [0.5, 0.6) is 5.75 Å². The lowest BCUT2D eigenvalue weighted by Gasteiger charge is -2.08. The second kappa shape index (κ2) is 6.21. The molecule has 0 fully saturated rings. The van der Waals surface area contributed by atoms with Gasteiger partial charge in [-0.2, -0.15) is 5.10 Å². The fraction of sp³-hybridized carbons (Fsp3) is 0.154. The van der Waals surface area contributed by atoms with Crippen LogP contribution in [0.3, 0.4) is 0 Å². The Morgan fingerprint density at radius 2 is 2.35 bits per heavy atom. The summed E-state index contributed by atoms with van der Waals surface area (Å²) < 4.78 is 7.16. The van der Waals surface area contributed by atoms with Crippen LogP contribution in [0, 0.1) is 0 Å². The minimum atomic E-state index is -1.01. The Morgan fingerprint density at radius 1 is 1.55 bits per heavy atom. The van der Waals surface area contributed by atoms with Crippen molar-refractivity contribution in [2.45, 2.75) is 6.61 Å². The first-order valence-corrected chi connectivity index (χ1v) is 6.10. The van der Waals surface area contributed by atoms with Gasteiger partial charge in [-0.1, -0.05) is 17.7 Å². The number of carboxylic acids is 1. The van der Waals surface area contributed by atoms with Crippen molar-refractivity contribution in [3.8, 4) is 5.75 Å². The van der Waals surface area contributed by atoms with E-state index in [9.17, 15) is 4.79 Å². The van der Waals surface area contributed by atoms with Gasteiger partial charge in [0, 0.05) is 13.1 Å². The molecule has 6 nitrogen and oxygen atoms in total. The molecule has 20 heavy (non-hydrogen) atoms. The number of carboxylic acid groups (broad SMARTS) is 1. The zero-order chi connectivity index (χ0) is 14.5. The maximum Gasteiger partial charge on any atom is 0.328 e. The Balaban J connectivity index is 2.06. The molecule has 0 amide bonds. The van der Waals surface area contributed by atoms with Crippen molar-refractivity contribution in [1.82, 2.24) is 14.8 Å².